The summed E-state index contributed by atoms with van der Waals surface area (Å²) < 4.78 is 0. The molecule has 0 aliphatic carbocycles. The van der Waals surface area contributed by atoms with Gasteiger partial charge < -0.3 is 15.5 Å². The molecule has 1 saturated heterocycles. The molecule has 88 valence electrons. The molecule has 1 fully saturated rings. The van der Waals surface area contributed by atoms with Crippen molar-refractivity contribution >= 4 is 11.6 Å². The van der Waals surface area contributed by atoms with E-state index in [-0.39, 0.29) is 0 Å². The van der Waals surface area contributed by atoms with Gasteiger partial charge in [-0.1, -0.05) is 0 Å². The third-order valence-corrected chi connectivity index (χ3v) is 3.06. The van der Waals surface area contributed by atoms with E-state index in [2.05, 4.69) is 33.9 Å². The fraction of sp³-hybridized carbons (Fsp3) is 0.636. The predicted molar refractivity (Wildman–Crippen MR) is 65.5 cm³/mol. The molecule has 0 bridgehead atoms. The van der Waals surface area contributed by atoms with E-state index in [0.717, 1.165) is 24.7 Å². The summed E-state index contributed by atoms with van der Waals surface area (Å²) in [6, 6.07) is 2.46. The Balaban J connectivity index is 2.14. The molecule has 5 nitrogen and oxygen atoms in total. The number of aromatic nitrogens is 2. The minimum atomic E-state index is 0.552. The van der Waals surface area contributed by atoms with Gasteiger partial charge in [0.15, 0.2) is 0 Å². The first-order valence-corrected chi connectivity index (χ1v) is 5.59. The molecule has 1 unspecified atom stereocenters. The fourth-order valence-electron chi connectivity index (χ4n) is 2.11. The number of nitrogen functional groups attached to an aromatic ring is 1. The Labute approximate surface area is 96.3 Å². The molecule has 0 amide bonds. The van der Waals surface area contributed by atoms with Gasteiger partial charge in [0.1, 0.15) is 17.5 Å². The van der Waals surface area contributed by atoms with Crippen molar-refractivity contribution in [3.05, 3.63) is 11.9 Å². The third kappa shape index (κ3) is 2.24. The largest absolute Gasteiger partial charge is 0.384 e. The minimum Gasteiger partial charge on any atom is -0.384 e. The zero-order valence-corrected chi connectivity index (χ0v) is 10.1. The number of anilines is 2. The Hall–Kier alpha value is -1.36. The number of hydrogen-bond donors (Lipinski definition) is 1. The zero-order valence-electron chi connectivity index (χ0n) is 10.1. The van der Waals surface area contributed by atoms with Crippen molar-refractivity contribution in [2.24, 2.45) is 0 Å². The second kappa shape index (κ2) is 4.25. The van der Waals surface area contributed by atoms with Crippen LogP contribution >= 0.6 is 0 Å². The molecule has 16 heavy (non-hydrogen) atoms. The molecule has 0 spiro atoms. The monoisotopic (exact) mass is 221 g/mol. The first-order chi connectivity index (χ1) is 7.56. The van der Waals surface area contributed by atoms with E-state index in [0.29, 0.717) is 11.9 Å². The highest BCUT2D eigenvalue weighted by Gasteiger charge is 2.25. The Bertz CT molecular complexity index is 356. The summed E-state index contributed by atoms with van der Waals surface area (Å²) in [4.78, 5) is 13.1. The van der Waals surface area contributed by atoms with Crippen molar-refractivity contribution in [1.29, 1.82) is 0 Å². The molecule has 5 heteroatoms. The Morgan fingerprint density at radius 2 is 2.19 bits per heavy atom. The molecule has 1 aliphatic heterocycles. The lowest BCUT2D eigenvalue weighted by atomic mass is 10.2. The topological polar surface area (TPSA) is 58.3 Å². The predicted octanol–water partition coefficient (Wildman–Crippen LogP) is 0.508. The average Bonchev–Trinajstić information content (AvgIpc) is 2.64. The molecule has 2 heterocycles. The van der Waals surface area contributed by atoms with E-state index < -0.39 is 0 Å². The quantitative estimate of drug-likeness (QED) is 0.788. The van der Waals surface area contributed by atoms with Crippen LogP contribution < -0.4 is 10.6 Å². The highest BCUT2D eigenvalue weighted by Crippen LogP contribution is 2.21. The van der Waals surface area contributed by atoms with Crippen molar-refractivity contribution in [3.63, 3.8) is 0 Å². The van der Waals surface area contributed by atoms with Gasteiger partial charge in [-0.05, 0) is 27.4 Å². The van der Waals surface area contributed by atoms with Crippen molar-refractivity contribution in [3.8, 4) is 0 Å². The van der Waals surface area contributed by atoms with Gasteiger partial charge in [-0.2, -0.15) is 0 Å². The van der Waals surface area contributed by atoms with E-state index in [1.165, 1.54) is 6.42 Å². The first kappa shape index (κ1) is 11.1. The van der Waals surface area contributed by atoms with Crippen molar-refractivity contribution < 1.29 is 0 Å². The highest BCUT2D eigenvalue weighted by molar-refractivity contribution is 5.47. The Morgan fingerprint density at radius 3 is 2.75 bits per heavy atom. The Kier molecular flexibility index (Phi) is 2.96. The van der Waals surface area contributed by atoms with Gasteiger partial charge in [0.25, 0.3) is 0 Å². The SMILES string of the molecule is Cc1nc(N)cc(N2CCC(N(C)C)C2)n1. The number of hydrogen-bond acceptors (Lipinski definition) is 5. The second-order valence-electron chi connectivity index (χ2n) is 4.55. The maximum absolute atomic E-state index is 5.73. The van der Waals surface area contributed by atoms with Crippen LogP contribution in [0.15, 0.2) is 6.07 Å². The highest BCUT2D eigenvalue weighted by atomic mass is 15.3. The molecule has 0 aromatic carbocycles. The molecule has 1 aromatic heterocycles. The summed E-state index contributed by atoms with van der Waals surface area (Å²) in [5.74, 6) is 2.24. The Morgan fingerprint density at radius 1 is 1.44 bits per heavy atom. The third-order valence-electron chi connectivity index (χ3n) is 3.06. The van der Waals surface area contributed by atoms with E-state index in [1.54, 1.807) is 0 Å². The van der Waals surface area contributed by atoms with Crippen LogP contribution in [-0.4, -0.2) is 48.1 Å². The molecule has 2 N–H and O–H groups in total. The van der Waals surface area contributed by atoms with Gasteiger partial charge in [0, 0.05) is 25.2 Å². The number of rotatable bonds is 2. The molecule has 1 aromatic rings. The van der Waals surface area contributed by atoms with Gasteiger partial charge in [0.05, 0.1) is 0 Å². The van der Waals surface area contributed by atoms with Gasteiger partial charge in [-0.25, -0.2) is 9.97 Å². The van der Waals surface area contributed by atoms with Crippen LogP contribution in [-0.2, 0) is 0 Å². The minimum absolute atomic E-state index is 0.552. The molecule has 0 saturated carbocycles. The number of nitrogens with two attached hydrogens (primary N) is 1. The molecular formula is C11H19N5. The summed E-state index contributed by atoms with van der Waals surface area (Å²) in [6.07, 6.45) is 1.18. The van der Waals surface area contributed by atoms with Crippen LogP contribution in [0.5, 0.6) is 0 Å². The normalized spacial score (nSPS) is 20.8. The van der Waals surface area contributed by atoms with Gasteiger partial charge in [0.2, 0.25) is 0 Å². The molecule has 2 rings (SSSR count). The van der Waals surface area contributed by atoms with Crippen LogP contribution in [0, 0.1) is 6.92 Å². The van der Waals surface area contributed by atoms with Crippen LogP contribution in [0.4, 0.5) is 11.6 Å². The van der Waals surface area contributed by atoms with E-state index in [1.807, 2.05) is 13.0 Å². The van der Waals surface area contributed by atoms with Crippen molar-refractivity contribution in [2.75, 3.05) is 37.8 Å². The van der Waals surface area contributed by atoms with Crippen LogP contribution in [0.25, 0.3) is 0 Å². The maximum atomic E-state index is 5.73. The number of aryl methyl sites for hydroxylation is 1. The first-order valence-electron chi connectivity index (χ1n) is 5.59. The lowest BCUT2D eigenvalue weighted by Gasteiger charge is -2.21. The number of likely N-dealkylation sites (N-methyl/N-ethyl adjacent to an activating group) is 1. The molecule has 1 aliphatic rings. The van der Waals surface area contributed by atoms with E-state index >= 15 is 0 Å². The maximum Gasteiger partial charge on any atom is 0.134 e. The summed E-state index contributed by atoms with van der Waals surface area (Å²) in [7, 11) is 4.24. The van der Waals surface area contributed by atoms with E-state index in [4.69, 9.17) is 5.73 Å². The molecule has 0 radical (unpaired) electrons. The van der Waals surface area contributed by atoms with Crippen molar-refractivity contribution in [1.82, 2.24) is 14.9 Å². The van der Waals surface area contributed by atoms with Crippen LogP contribution in [0.3, 0.4) is 0 Å². The van der Waals surface area contributed by atoms with Crippen molar-refractivity contribution in [2.45, 2.75) is 19.4 Å². The van der Waals surface area contributed by atoms with Crippen LogP contribution in [0.2, 0.25) is 0 Å². The standard InChI is InChI=1S/C11H19N5/c1-8-13-10(12)6-11(14-8)16-5-4-9(7-16)15(2)3/h6,9H,4-5,7H2,1-3H3,(H2,12,13,14). The summed E-state index contributed by atoms with van der Waals surface area (Å²) in [5.41, 5.74) is 5.73. The van der Waals surface area contributed by atoms with Gasteiger partial charge in [-0.3, -0.25) is 0 Å². The van der Waals surface area contributed by atoms with E-state index in [9.17, 15) is 0 Å². The molecular weight excluding hydrogens is 202 g/mol. The lowest BCUT2D eigenvalue weighted by Crippen LogP contribution is -2.31. The lowest BCUT2D eigenvalue weighted by molar-refractivity contribution is 0.315. The second-order valence-corrected chi connectivity index (χ2v) is 4.55. The summed E-state index contributed by atoms with van der Waals surface area (Å²) >= 11 is 0. The number of nitrogens with zero attached hydrogens (tertiary/aromatic N) is 4. The molecule has 1 atom stereocenters. The smallest absolute Gasteiger partial charge is 0.134 e. The average molecular weight is 221 g/mol. The van der Waals surface area contributed by atoms with Gasteiger partial charge >= 0.3 is 0 Å². The van der Waals surface area contributed by atoms with Gasteiger partial charge in [-0.15, -0.1) is 0 Å². The van der Waals surface area contributed by atoms with Crippen LogP contribution in [0.1, 0.15) is 12.2 Å². The summed E-state index contributed by atoms with van der Waals surface area (Å²) in [6.45, 7) is 3.93. The zero-order chi connectivity index (χ0) is 11.7. The fourth-order valence-corrected chi connectivity index (χ4v) is 2.11. The summed E-state index contributed by atoms with van der Waals surface area (Å²) in [5, 5.41) is 0.